The smallest absolute Gasteiger partial charge is 0.0153 e. The Bertz CT molecular complexity index is 209. The lowest BCUT2D eigenvalue weighted by atomic mass is 9.84. The Morgan fingerprint density at radius 3 is 2.40 bits per heavy atom. The van der Waals surface area contributed by atoms with Crippen LogP contribution >= 0.6 is 0 Å². The normalized spacial score (nSPS) is 24.4. The van der Waals surface area contributed by atoms with Gasteiger partial charge >= 0.3 is 0 Å². The molecule has 1 unspecified atom stereocenters. The van der Waals surface area contributed by atoms with Crippen LogP contribution in [0.4, 0.5) is 0 Å². The highest BCUT2D eigenvalue weighted by Crippen LogP contribution is 2.32. The summed E-state index contributed by atoms with van der Waals surface area (Å²) in [5.74, 6) is 0. The standard InChI is InChI=1S/C13H28N2/c1-11(14-6)12(2,3)10-15-9-7-8-13(15,4)5/h11,14H,7-10H2,1-6H3. The van der Waals surface area contributed by atoms with Gasteiger partial charge in [-0.25, -0.2) is 0 Å². The quantitative estimate of drug-likeness (QED) is 0.770. The van der Waals surface area contributed by atoms with E-state index in [1.165, 1.54) is 25.9 Å². The molecule has 1 rings (SSSR count). The van der Waals surface area contributed by atoms with Crippen LogP contribution in [0.1, 0.15) is 47.5 Å². The predicted molar refractivity (Wildman–Crippen MR) is 67.2 cm³/mol. The van der Waals surface area contributed by atoms with Crippen LogP contribution in [0.25, 0.3) is 0 Å². The van der Waals surface area contributed by atoms with Crippen LogP contribution in [-0.4, -0.2) is 36.6 Å². The second kappa shape index (κ2) is 4.42. The van der Waals surface area contributed by atoms with Gasteiger partial charge in [-0.15, -0.1) is 0 Å². The van der Waals surface area contributed by atoms with Crippen LogP contribution in [0.5, 0.6) is 0 Å². The van der Waals surface area contributed by atoms with Gasteiger partial charge in [-0.1, -0.05) is 13.8 Å². The lowest BCUT2D eigenvalue weighted by Gasteiger charge is -2.41. The molecule has 0 bridgehead atoms. The topological polar surface area (TPSA) is 15.3 Å². The molecule has 0 aromatic carbocycles. The molecule has 1 aliphatic rings. The molecule has 0 spiro atoms. The predicted octanol–water partition coefficient (Wildman–Crippen LogP) is 2.49. The minimum atomic E-state index is 0.344. The maximum Gasteiger partial charge on any atom is 0.0153 e. The molecule has 90 valence electrons. The summed E-state index contributed by atoms with van der Waals surface area (Å²) >= 11 is 0. The third kappa shape index (κ3) is 2.94. The second-order valence-corrected chi connectivity index (χ2v) is 6.34. The second-order valence-electron chi connectivity index (χ2n) is 6.34. The third-order valence-electron chi connectivity index (χ3n) is 4.28. The average Bonchev–Trinajstić information content (AvgIpc) is 2.44. The van der Waals surface area contributed by atoms with Crippen LogP contribution < -0.4 is 5.32 Å². The van der Waals surface area contributed by atoms with Gasteiger partial charge in [0.2, 0.25) is 0 Å². The van der Waals surface area contributed by atoms with Gasteiger partial charge in [-0.2, -0.15) is 0 Å². The number of hydrogen-bond acceptors (Lipinski definition) is 2. The Hall–Kier alpha value is -0.0800. The number of nitrogens with one attached hydrogen (secondary N) is 1. The maximum atomic E-state index is 3.38. The van der Waals surface area contributed by atoms with Gasteiger partial charge in [-0.3, -0.25) is 4.90 Å². The number of hydrogen-bond donors (Lipinski definition) is 1. The van der Waals surface area contributed by atoms with E-state index in [1.54, 1.807) is 0 Å². The van der Waals surface area contributed by atoms with E-state index in [2.05, 4.69) is 51.9 Å². The van der Waals surface area contributed by atoms with Gasteiger partial charge in [-0.05, 0) is 52.6 Å². The summed E-state index contributed by atoms with van der Waals surface area (Å²) in [6.45, 7) is 14.2. The van der Waals surface area contributed by atoms with Crippen molar-refractivity contribution in [1.82, 2.24) is 10.2 Å². The van der Waals surface area contributed by atoms with E-state index in [1.807, 2.05) is 0 Å². The van der Waals surface area contributed by atoms with E-state index in [0.717, 1.165) is 0 Å². The molecule has 1 heterocycles. The highest BCUT2D eigenvalue weighted by molar-refractivity contribution is 4.92. The highest BCUT2D eigenvalue weighted by atomic mass is 15.2. The van der Waals surface area contributed by atoms with Crippen molar-refractivity contribution in [3.63, 3.8) is 0 Å². The molecular weight excluding hydrogens is 184 g/mol. The summed E-state index contributed by atoms with van der Waals surface area (Å²) in [5, 5.41) is 3.38. The number of rotatable bonds is 4. The van der Waals surface area contributed by atoms with E-state index in [0.29, 0.717) is 17.0 Å². The Morgan fingerprint density at radius 2 is 2.00 bits per heavy atom. The van der Waals surface area contributed by atoms with Gasteiger partial charge in [0.05, 0.1) is 0 Å². The minimum absolute atomic E-state index is 0.344. The molecule has 1 fully saturated rings. The molecule has 1 saturated heterocycles. The molecule has 2 heteroatoms. The summed E-state index contributed by atoms with van der Waals surface area (Å²) in [6.07, 6.45) is 2.70. The van der Waals surface area contributed by atoms with Crippen LogP contribution in [0, 0.1) is 5.41 Å². The monoisotopic (exact) mass is 212 g/mol. The van der Waals surface area contributed by atoms with Crippen molar-refractivity contribution in [3.8, 4) is 0 Å². The zero-order chi connectivity index (χ0) is 11.7. The summed E-state index contributed by atoms with van der Waals surface area (Å²) in [6, 6.07) is 0.564. The molecule has 0 radical (unpaired) electrons. The van der Waals surface area contributed by atoms with Gasteiger partial charge in [0.15, 0.2) is 0 Å². The summed E-state index contributed by atoms with van der Waals surface area (Å²) < 4.78 is 0. The van der Waals surface area contributed by atoms with Crippen LogP contribution in [0.3, 0.4) is 0 Å². The SMILES string of the molecule is CNC(C)C(C)(C)CN1CCCC1(C)C. The van der Waals surface area contributed by atoms with Crippen molar-refractivity contribution in [3.05, 3.63) is 0 Å². The largest absolute Gasteiger partial charge is 0.317 e. The lowest BCUT2D eigenvalue weighted by Crippen LogP contribution is -2.49. The molecule has 0 amide bonds. The molecule has 0 saturated carbocycles. The third-order valence-corrected chi connectivity index (χ3v) is 4.28. The van der Waals surface area contributed by atoms with Gasteiger partial charge in [0.1, 0.15) is 0 Å². The molecule has 2 nitrogen and oxygen atoms in total. The Balaban J connectivity index is 2.61. The van der Waals surface area contributed by atoms with Crippen LogP contribution in [0.15, 0.2) is 0 Å². The van der Waals surface area contributed by atoms with Crippen molar-refractivity contribution in [2.24, 2.45) is 5.41 Å². The zero-order valence-electron chi connectivity index (χ0n) is 11.4. The molecule has 1 aliphatic heterocycles. The Labute approximate surface area is 95.4 Å². The average molecular weight is 212 g/mol. The van der Waals surface area contributed by atoms with E-state index in [-0.39, 0.29) is 0 Å². The highest BCUT2D eigenvalue weighted by Gasteiger charge is 2.36. The lowest BCUT2D eigenvalue weighted by molar-refractivity contribution is 0.0949. The number of likely N-dealkylation sites (tertiary alicyclic amines) is 1. The van der Waals surface area contributed by atoms with Gasteiger partial charge < -0.3 is 5.32 Å². The Morgan fingerprint density at radius 1 is 1.40 bits per heavy atom. The van der Waals surface area contributed by atoms with E-state index in [4.69, 9.17) is 0 Å². The first kappa shape index (κ1) is 13.0. The van der Waals surface area contributed by atoms with Crippen molar-refractivity contribution in [2.75, 3.05) is 20.1 Å². The first-order valence-electron chi connectivity index (χ1n) is 6.22. The van der Waals surface area contributed by atoms with E-state index in [9.17, 15) is 0 Å². The van der Waals surface area contributed by atoms with Crippen molar-refractivity contribution in [2.45, 2.75) is 59.0 Å². The Kier molecular flexibility index (Phi) is 3.83. The molecule has 0 aromatic rings. The maximum absolute atomic E-state index is 3.38. The fourth-order valence-electron chi connectivity index (χ4n) is 2.48. The zero-order valence-corrected chi connectivity index (χ0v) is 11.4. The minimum Gasteiger partial charge on any atom is -0.317 e. The molecular formula is C13H28N2. The van der Waals surface area contributed by atoms with Gasteiger partial charge in [0, 0.05) is 18.1 Å². The molecule has 0 aromatic heterocycles. The van der Waals surface area contributed by atoms with Crippen molar-refractivity contribution < 1.29 is 0 Å². The molecule has 1 atom stereocenters. The fraction of sp³-hybridized carbons (Fsp3) is 1.00. The summed E-state index contributed by atoms with van der Waals surface area (Å²) in [7, 11) is 2.06. The summed E-state index contributed by atoms with van der Waals surface area (Å²) in [5.41, 5.74) is 0.751. The van der Waals surface area contributed by atoms with Gasteiger partial charge in [0.25, 0.3) is 0 Å². The van der Waals surface area contributed by atoms with E-state index < -0.39 is 0 Å². The van der Waals surface area contributed by atoms with Crippen molar-refractivity contribution >= 4 is 0 Å². The molecule has 0 aliphatic carbocycles. The van der Waals surface area contributed by atoms with E-state index >= 15 is 0 Å². The van der Waals surface area contributed by atoms with Crippen molar-refractivity contribution in [1.29, 1.82) is 0 Å². The summed E-state index contributed by atoms with van der Waals surface area (Å²) in [4.78, 5) is 2.65. The fourth-order valence-corrected chi connectivity index (χ4v) is 2.48. The first-order chi connectivity index (χ1) is 6.79. The molecule has 1 N–H and O–H groups in total. The van der Waals surface area contributed by atoms with Crippen LogP contribution in [-0.2, 0) is 0 Å². The first-order valence-corrected chi connectivity index (χ1v) is 6.22. The molecule has 15 heavy (non-hydrogen) atoms. The van der Waals surface area contributed by atoms with Crippen LogP contribution in [0.2, 0.25) is 0 Å². The number of nitrogens with zero attached hydrogens (tertiary/aromatic N) is 1.